The zero-order valence-electron chi connectivity index (χ0n) is 15.2. The number of carbonyl (C=O) groups excluding carboxylic acids is 2. The van der Waals surface area contributed by atoms with Crippen molar-refractivity contribution in [2.24, 2.45) is 0 Å². The minimum absolute atomic E-state index is 0.0874. The molecule has 0 aliphatic rings. The van der Waals surface area contributed by atoms with Gasteiger partial charge in [0.1, 0.15) is 0 Å². The minimum Gasteiger partial charge on any atom is -0.349 e. The summed E-state index contributed by atoms with van der Waals surface area (Å²) in [6.07, 6.45) is 1.10. The molecule has 0 unspecified atom stereocenters. The minimum atomic E-state index is -0.242. The summed E-state index contributed by atoms with van der Waals surface area (Å²) >= 11 is 5.24. The average molecular weight is 369 g/mol. The van der Waals surface area contributed by atoms with Gasteiger partial charge in [-0.1, -0.05) is 30.3 Å². The molecule has 2 aromatic rings. The zero-order valence-corrected chi connectivity index (χ0v) is 16.0. The highest BCUT2D eigenvalue weighted by Gasteiger charge is 2.10. The van der Waals surface area contributed by atoms with E-state index in [0.717, 1.165) is 16.8 Å². The van der Waals surface area contributed by atoms with Crippen molar-refractivity contribution in [2.75, 3.05) is 19.4 Å². The Labute approximate surface area is 159 Å². The van der Waals surface area contributed by atoms with Crippen molar-refractivity contribution in [3.8, 4) is 0 Å². The van der Waals surface area contributed by atoms with Gasteiger partial charge in [-0.25, -0.2) is 0 Å². The van der Waals surface area contributed by atoms with Crippen LogP contribution >= 0.6 is 12.2 Å². The SMILES string of the molecule is Cc1ccccc1C(=O)NC(=S)Nc1cccc(CCC(=O)N(C)C)c1. The summed E-state index contributed by atoms with van der Waals surface area (Å²) in [5.74, 6) is -0.155. The van der Waals surface area contributed by atoms with E-state index in [1.54, 1.807) is 25.1 Å². The average Bonchev–Trinajstić information content (AvgIpc) is 2.60. The highest BCUT2D eigenvalue weighted by molar-refractivity contribution is 7.80. The van der Waals surface area contributed by atoms with E-state index >= 15 is 0 Å². The standard InChI is InChI=1S/C20H23N3O2S/c1-14-7-4-5-10-17(14)19(25)22-20(26)21-16-9-6-8-15(13-16)11-12-18(24)23(2)3/h4-10,13H,11-12H2,1-3H3,(H2,21,22,25,26). The molecule has 0 atom stereocenters. The smallest absolute Gasteiger partial charge is 0.257 e. The Morgan fingerprint density at radius 1 is 1.08 bits per heavy atom. The lowest BCUT2D eigenvalue weighted by Gasteiger charge is -2.12. The molecule has 2 aromatic carbocycles. The third-order valence-electron chi connectivity index (χ3n) is 3.93. The maximum absolute atomic E-state index is 12.3. The topological polar surface area (TPSA) is 61.4 Å². The summed E-state index contributed by atoms with van der Waals surface area (Å²) in [6.45, 7) is 1.88. The monoisotopic (exact) mass is 369 g/mol. The van der Waals surface area contributed by atoms with Crippen molar-refractivity contribution < 1.29 is 9.59 Å². The molecule has 2 rings (SSSR count). The van der Waals surface area contributed by atoms with Crippen LogP contribution in [-0.4, -0.2) is 35.9 Å². The van der Waals surface area contributed by atoms with Gasteiger partial charge in [0.2, 0.25) is 5.91 Å². The summed E-state index contributed by atoms with van der Waals surface area (Å²) in [6, 6.07) is 15.0. The van der Waals surface area contributed by atoms with Crippen molar-refractivity contribution in [3.05, 3.63) is 65.2 Å². The third-order valence-corrected chi connectivity index (χ3v) is 4.13. The first-order valence-electron chi connectivity index (χ1n) is 8.34. The predicted octanol–water partition coefficient (Wildman–Crippen LogP) is 3.14. The molecule has 2 amide bonds. The Morgan fingerprint density at radius 2 is 1.81 bits per heavy atom. The first kappa shape index (κ1) is 19.6. The van der Waals surface area contributed by atoms with Crippen molar-refractivity contribution in [1.82, 2.24) is 10.2 Å². The van der Waals surface area contributed by atoms with Crippen molar-refractivity contribution in [2.45, 2.75) is 19.8 Å². The summed E-state index contributed by atoms with van der Waals surface area (Å²) in [5, 5.41) is 5.94. The van der Waals surface area contributed by atoms with Gasteiger partial charge in [0.05, 0.1) is 0 Å². The molecule has 0 spiro atoms. The molecule has 0 aromatic heterocycles. The van der Waals surface area contributed by atoms with Crippen LogP contribution in [0.25, 0.3) is 0 Å². The van der Waals surface area contributed by atoms with Crippen molar-refractivity contribution in [3.63, 3.8) is 0 Å². The van der Waals surface area contributed by atoms with Gasteiger partial charge in [-0.05, 0) is 54.9 Å². The van der Waals surface area contributed by atoms with Crippen LogP contribution in [0.2, 0.25) is 0 Å². The quantitative estimate of drug-likeness (QED) is 0.795. The van der Waals surface area contributed by atoms with E-state index in [1.165, 1.54) is 0 Å². The van der Waals surface area contributed by atoms with Gasteiger partial charge in [-0.2, -0.15) is 0 Å². The fourth-order valence-corrected chi connectivity index (χ4v) is 2.65. The van der Waals surface area contributed by atoms with E-state index in [2.05, 4.69) is 10.6 Å². The summed E-state index contributed by atoms with van der Waals surface area (Å²) in [7, 11) is 3.49. The van der Waals surface area contributed by atoms with Gasteiger partial charge >= 0.3 is 0 Å². The Hall–Kier alpha value is -2.73. The molecule has 26 heavy (non-hydrogen) atoms. The number of hydrogen-bond donors (Lipinski definition) is 2. The second-order valence-electron chi connectivity index (χ2n) is 6.21. The Morgan fingerprint density at radius 3 is 2.50 bits per heavy atom. The Bertz CT molecular complexity index is 818. The number of benzene rings is 2. The number of rotatable bonds is 5. The molecule has 0 fully saturated rings. The molecule has 0 aliphatic heterocycles. The van der Waals surface area contributed by atoms with Gasteiger partial charge in [0, 0.05) is 31.8 Å². The lowest BCUT2D eigenvalue weighted by atomic mass is 10.1. The number of thiocarbonyl (C=S) groups is 1. The van der Waals surface area contributed by atoms with Crippen LogP contribution in [0.3, 0.4) is 0 Å². The first-order chi connectivity index (χ1) is 12.4. The maximum atomic E-state index is 12.3. The van der Waals surface area contributed by atoms with Gasteiger partial charge < -0.3 is 10.2 Å². The Balaban J connectivity index is 1.94. The largest absolute Gasteiger partial charge is 0.349 e. The molecule has 0 heterocycles. The predicted molar refractivity (Wildman–Crippen MR) is 108 cm³/mol. The third kappa shape index (κ3) is 5.67. The number of hydrogen-bond acceptors (Lipinski definition) is 3. The molecule has 0 radical (unpaired) electrons. The van der Waals surface area contributed by atoms with Crippen LogP contribution in [-0.2, 0) is 11.2 Å². The molecule has 0 saturated heterocycles. The fraction of sp³-hybridized carbons (Fsp3) is 0.250. The van der Waals surface area contributed by atoms with E-state index in [4.69, 9.17) is 12.2 Å². The van der Waals surface area contributed by atoms with Crippen molar-refractivity contribution in [1.29, 1.82) is 0 Å². The number of anilines is 1. The second kappa shape index (κ2) is 9.10. The zero-order chi connectivity index (χ0) is 19.1. The highest BCUT2D eigenvalue weighted by atomic mass is 32.1. The number of nitrogens with zero attached hydrogens (tertiary/aromatic N) is 1. The number of amides is 2. The van der Waals surface area contributed by atoms with Gasteiger partial charge in [0.25, 0.3) is 5.91 Å². The fourth-order valence-electron chi connectivity index (χ4n) is 2.44. The molecular weight excluding hydrogens is 346 g/mol. The molecule has 6 heteroatoms. The molecule has 136 valence electrons. The normalized spacial score (nSPS) is 10.1. The van der Waals surface area contributed by atoms with E-state index in [-0.39, 0.29) is 16.9 Å². The second-order valence-corrected chi connectivity index (χ2v) is 6.62. The van der Waals surface area contributed by atoms with Crippen LogP contribution in [0.4, 0.5) is 5.69 Å². The molecule has 5 nitrogen and oxygen atoms in total. The van der Waals surface area contributed by atoms with Crippen LogP contribution in [0, 0.1) is 6.92 Å². The summed E-state index contributed by atoms with van der Waals surface area (Å²) < 4.78 is 0. The van der Waals surface area contributed by atoms with Gasteiger partial charge in [-0.15, -0.1) is 0 Å². The molecule has 0 bridgehead atoms. The lowest BCUT2D eigenvalue weighted by Crippen LogP contribution is -2.34. The number of aryl methyl sites for hydroxylation is 2. The van der Waals surface area contributed by atoms with Crippen LogP contribution in [0.15, 0.2) is 48.5 Å². The number of nitrogens with one attached hydrogen (secondary N) is 2. The highest BCUT2D eigenvalue weighted by Crippen LogP contribution is 2.13. The molecular formula is C20H23N3O2S. The van der Waals surface area contributed by atoms with E-state index in [1.807, 2.05) is 49.4 Å². The van der Waals surface area contributed by atoms with Crippen LogP contribution in [0.1, 0.15) is 27.9 Å². The molecule has 0 aliphatic carbocycles. The van der Waals surface area contributed by atoms with Crippen molar-refractivity contribution >= 4 is 34.8 Å². The summed E-state index contributed by atoms with van der Waals surface area (Å²) in [4.78, 5) is 25.6. The number of carbonyl (C=O) groups is 2. The van der Waals surface area contributed by atoms with Gasteiger partial charge in [0.15, 0.2) is 5.11 Å². The van der Waals surface area contributed by atoms with Crippen LogP contribution in [0.5, 0.6) is 0 Å². The molecule has 0 saturated carbocycles. The Kier molecular flexibility index (Phi) is 6.86. The van der Waals surface area contributed by atoms with E-state index < -0.39 is 0 Å². The maximum Gasteiger partial charge on any atom is 0.257 e. The first-order valence-corrected chi connectivity index (χ1v) is 8.74. The van der Waals surface area contributed by atoms with Gasteiger partial charge in [-0.3, -0.25) is 14.9 Å². The molecule has 2 N–H and O–H groups in total. The van der Waals surface area contributed by atoms with E-state index in [9.17, 15) is 9.59 Å². The van der Waals surface area contributed by atoms with E-state index in [0.29, 0.717) is 18.4 Å². The lowest BCUT2D eigenvalue weighted by molar-refractivity contribution is -0.128. The van der Waals surface area contributed by atoms with Crippen LogP contribution < -0.4 is 10.6 Å². The summed E-state index contributed by atoms with van der Waals surface area (Å²) in [5.41, 5.74) is 3.28.